The molecule has 0 spiro atoms. The lowest BCUT2D eigenvalue weighted by Gasteiger charge is -2.32. The molecule has 3 rings (SSSR count). The third-order valence-corrected chi connectivity index (χ3v) is 5.39. The van der Waals surface area contributed by atoms with Crippen molar-refractivity contribution in [2.75, 3.05) is 32.5 Å². The molecule has 0 radical (unpaired) electrons. The van der Waals surface area contributed by atoms with Crippen molar-refractivity contribution in [2.45, 2.75) is 18.9 Å². The van der Waals surface area contributed by atoms with E-state index in [-0.39, 0.29) is 30.9 Å². The summed E-state index contributed by atoms with van der Waals surface area (Å²) >= 11 is 0. The molecule has 1 aliphatic rings. The van der Waals surface area contributed by atoms with Crippen molar-refractivity contribution in [1.82, 2.24) is 9.62 Å². The Balaban J connectivity index is 1.50. The first kappa shape index (κ1) is 21.9. The fraction of sp³-hybridized carbons (Fsp3) is 0.381. The van der Waals surface area contributed by atoms with E-state index in [1.807, 2.05) is 0 Å². The minimum absolute atomic E-state index is 0.00661. The zero-order valence-corrected chi connectivity index (χ0v) is 17.6. The fourth-order valence-electron chi connectivity index (χ4n) is 3.22. The molecule has 1 amide bonds. The number of sulfonamides is 1. The number of benzene rings is 2. The van der Waals surface area contributed by atoms with Crippen LogP contribution in [0.1, 0.15) is 23.2 Å². The van der Waals surface area contributed by atoms with E-state index < -0.39 is 10.0 Å². The molecule has 9 heteroatoms. The first-order valence-corrected chi connectivity index (χ1v) is 11.6. The van der Waals surface area contributed by atoms with Gasteiger partial charge in [0.2, 0.25) is 10.0 Å². The number of amides is 1. The Labute approximate surface area is 176 Å². The van der Waals surface area contributed by atoms with Gasteiger partial charge in [-0.3, -0.25) is 4.79 Å². The van der Waals surface area contributed by atoms with Crippen LogP contribution < -0.4 is 14.2 Å². The first-order chi connectivity index (χ1) is 14.3. The van der Waals surface area contributed by atoms with Crippen LogP contribution in [-0.4, -0.2) is 62.9 Å². The van der Waals surface area contributed by atoms with Crippen molar-refractivity contribution in [1.29, 1.82) is 0 Å². The van der Waals surface area contributed by atoms with Crippen LogP contribution in [0.15, 0.2) is 48.5 Å². The summed E-state index contributed by atoms with van der Waals surface area (Å²) in [5, 5.41) is 9.54. The van der Waals surface area contributed by atoms with Crippen LogP contribution in [0.3, 0.4) is 0 Å². The Bertz CT molecular complexity index is 971. The van der Waals surface area contributed by atoms with E-state index in [1.54, 1.807) is 53.4 Å². The van der Waals surface area contributed by atoms with E-state index in [1.165, 1.54) is 0 Å². The number of rotatable bonds is 8. The minimum atomic E-state index is -3.25. The molecular formula is C21H26N2O6S. The van der Waals surface area contributed by atoms with Crippen LogP contribution in [0.2, 0.25) is 0 Å². The smallest absolute Gasteiger partial charge is 0.253 e. The molecule has 0 unspecified atom stereocenters. The lowest BCUT2D eigenvalue weighted by molar-refractivity contribution is 0.0595. The Hall–Kier alpha value is -2.78. The van der Waals surface area contributed by atoms with Gasteiger partial charge in [-0.2, -0.15) is 0 Å². The Morgan fingerprint density at radius 3 is 2.53 bits per heavy atom. The summed E-state index contributed by atoms with van der Waals surface area (Å²) in [4.78, 5) is 14.6. The summed E-state index contributed by atoms with van der Waals surface area (Å²) in [6.07, 6.45) is 2.49. The van der Waals surface area contributed by atoms with Crippen molar-refractivity contribution in [3.63, 3.8) is 0 Å². The van der Waals surface area contributed by atoms with Gasteiger partial charge in [-0.15, -0.1) is 0 Å². The first-order valence-electron chi connectivity index (χ1n) is 9.72. The molecule has 8 nitrogen and oxygen atoms in total. The Morgan fingerprint density at radius 2 is 1.83 bits per heavy atom. The van der Waals surface area contributed by atoms with Crippen LogP contribution in [0.25, 0.3) is 0 Å². The number of carbonyl (C=O) groups is 1. The van der Waals surface area contributed by atoms with Crippen molar-refractivity contribution >= 4 is 15.9 Å². The van der Waals surface area contributed by atoms with Crippen LogP contribution in [0.5, 0.6) is 17.2 Å². The fourth-order valence-corrected chi connectivity index (χ4v) is 3.68. The summed E-state index contributed by atoms with van der Waals surface area (Å²) in [5.74, 6) is 1.22. The molecule has 162 valence electrons. The van der Waals surface area contributed by atoms with Crippen LogP contribution in [0, 0.1) is 0 Å². The highest BCUT2D eigenvalue weighted by molar-refractivity contribution is 7.88. The maximum Gasteiger partial charge on any atom is 0.253 e. The number of phenolic OH excluding ortho intramolecular Hbond substituents is 1. The summed E-state index contributed by atoms with van der Waals surface area (Å²) in [6.45, 7) is 1.48. The largest absolute Gasteiger partial charge is 0.508 e. The van der Waals surface area contributed by atoms with E-state index in [0.717, 1.165) is 6.26 Å². The second kappa shape index (κ2) is 9.82. The van der Waals surface area contributed by atoms with Gasteiger partial charge in [-0.25, -0.2) is 13.1 Å². The van der Waals surface area contributed by atoms with Gasteiger partial charge >= 0.3 is 0 Å². The quantitative estimate of drug-likeness (QED) is 0.616. The van der Waals surface area contributed by atoms with E-state index in [2.05, 4.69) is 4.72 Å². The number of hydrogen-bond acceptors (Lipinski definition) is 6. The number of aromatic hydroxyl groups is 1. The summed E-state index contributed by atoms with van der Waals surface area (Å²) in [7, 11) is -3.25. The van der Waals surface area contributed by atoms with Gasteiger partial charge in [0, 0.05) is 44.1 Å². The number of hydrogen-bond donors (Lipinski definition) is 2. The molecule has 1 fully saturated rings. The maximum atomic E-state index is 12.8. The van der Waals surface area contributed by atoms with Crippen LogP contribution in [0.4, 0.5) is 0 Å². The van der Waals surface area contributed by atoms with Gasteiger partial charge in [0.15, 0.2) is 0 Å². The van der Waals surface area contributed by atoms with Gasteiger partial charge in [-0.05, 0) is 30.3 Å². The second-order valence-electron chi connectivity index (χ2n) is 7.15. The average Bonchev–Trinajstić information content (AvgIpc) is 2.71. The van der Waals surface area contributed by atoms with E-state index >= 15 is 0 Å². The molecule has 1 heterocycles. The number of nitrogens with one attached hydrogen (secondary N) is 1. The molecule has 0 aromatic heterocycles. The lowest BCUT2D eigenvalue weighted by Crippen LogP contribution is -2.41. The predicted octanol–water partition coefficient (Wildman–Crippen LogP) is 2.00. The third-order valence-electron chi connectivity index (χ3n) is 4.67. The van der Waals surface area contributed by atoms with E-state index in [0.29, 0.717) is 43.0 Å². The van der Waals surface area contributed by atoms with Crippen LogP contribution in [-0.2, 0) is 10.0 Å². The monoisotopic (exact) mass is 434 g/mol. The van der Waals surface area contributed by atoms with Crippen molar-refractivity contribution in [3.8, 4) is 17.2 Å². The highest BCUT2D eigenvalue weighted by Gasteiger charge is 2.25. The normalized spacial score (nSPS) is 15.0. The standard InChI is InChI=1S/C21H26N2O6S/c1-30(26,27)22-10-13-28-19-6-2-4-16(14-19)21(25)23-11-8-18(9-12-23)29-20-7-3-5-17(24)15-20/h2-7,14-15,18,22,24H,8-13H2,1H3. The number of ether oxygens (including phenoxy) is 2. The van der Waals surface area contributed by atoms with Gasteiger partial charge in [-0.1, -0.05) is 12.1 Å². The SMILES string of the molecule is CS(=O)(=O)NCCOc1cccc(C(=O)N2CCC(Oc3cccc(O)c3)CC2)c1. The lowest BCUT2D eigenvalue weighted by atomic mass is 10.1. The molecule has 2 aromatic rings. The molecule has 1 saturated heterocycles. The number of piperidine rings is 1. The highest BCUT2D eigenvalue weighted by atomic mass is 32.2. The van der Waals surface area contributed by atoms with Gasteiger partial charge in [0.25, 0.3) is 5.91 Å². The Morgan fingerprint density at radius 1 is 1.13 bits per heavy atom. The van der Waals surface area contributed by atoms with Gasteiger partial charge in [0.1, 0.15) is 30.0 Å². The maximum absolute atomic E-state index is 12.8. The summed E-state index contributed by atoms with van der Waals surface area (Å²) in [5.41, 5.74) is 0.524. The predicted molar refractivity (Wildman–Crippen MR) is 112 cm³/mol. The molecule has 0 saturated carbocycles. The zero-order chi connectivity index (χ0) is 21.6. The molecule has 2 N–H and O–H groups in total. The highest BCUT2D eigenvalue weighted by Crippen LogP contribution is 2.23. The molecule has 2 aromatic carbocycles. The minimum Gasteiger partial charge on any atom is -0.508 e. The number of phenols is 1. The molecule has 30 heavy (non-hydrogen) atoms. The summed E-state index contributed by atoms with van der Waals surface area (Å²) in [6, 6.07) is 13.6. The number of likely N-dealkylation sites (tertiary alicyclic amines) is 1. The zero-order valence-electron chi connectivity index (χ0n) is 16.8. The molecular weight excluding hydrogens is 408 g/mol. The summed E-state index contributed by atoms with van der Waals surface area (Å²) < 4.78 is 35.9. The molecule has 0 aliphatic carbocycles. The molecule has 0 atom stereocenters. The van der Waals surface area contributed by atoms with Crippen molar-refractivity contribution < 1.29 is 27.8 Å². The topological polar surface area (TPSA) is 105 Å². The molecule has 1 aliphatic heterocycles. The van der Waals surface area contributed by atoms with E-state index in [9.17, 15) is 18.3 Å². The van der Waals surface area contributed by atoms with Crippen LogP contribution >= 0.6 is 0 Å². The number of nitrogens with zero attached hydrogens (tertiary/aromatic N) is 1. The van der Waals surface area contributed by atoms with Gasteiger partial charge in [0.05, 0.1) is 6.26 Å². The second-order valence-corrected chi connectivity index (χ2v) is 8.98. The van der Waals surface area contributed by atoms with Crippen molar-refractivity contribution in [2.24, 2.45) is 0 Å². The molecule has 0 bridgehead atoms. The third kappa shape index (κ3) is 6.64. The number of carbonyl (C=O) groups excluding carboxylic acids is 1. The average molecular weight is 435 g/mol. The van der Waals surface area contributed by atoms with Crippen molar-refractivity contribution in [3.05, 3.63) is 54.1 Å². The van der Waals surface area contributed by atoms with E-state index in [4.69, 9.17) is 9.47 Å². The Kier molecular flexibility index (Phi) is 7.17. The van der Waals surface area contributed by atoms with Gasteiger partial charge < -0.3 is 19.5 Å².